The molecule has 84 valence electrons. The van der Waals surface area contributed by atoms with Crippen LogP contribution in [0.5, 0.6) is 0 Å². The van der Waals surface area contributed by atoms with Crippen molar-refractivity contribution in [2.24, 2.45) is 0 Å². The smallest absolute Gasteiger partial charge is 0.341 e. The number of Topliss-reactive ketones (excluding diaryl/α,β-unsaturated/α-hetero) is 1. The standard InChI is InChI=1S/C10H16N2O3/c1-3-15-10(14)9(6-11)7-12-5-4-8(2)13/h6-7,11-12H,3-5H2,1-2H3/b9-7+,11-6?. The lowest BCUT2D eigenvalue weighted by molar-refractivity contribution is -0.137. The van der Waals surface area contributed by atoms with E-state index in [1.54, 1.807) is 6.92 Å². The van der Waals surface area contributed by atoms with E-state index >= 15 is 0 Å². The minimum absolute atomic E-state index is 0.0726. The Morgan fingerprint density at radius 3 is 2.60 bits per heavy atom. The molecule has 15 heavy (non-hydrogen) atoms. The van der Waals surface area contributed by atoms with Gasteiger partial charge in [0.2, 0.25) is 0 Å². The number of carbonyl (C=O) groups excluding carboxylic acids is 2. The second-order valence-electron chi connectivity index (χ2n) is 2.87. The summed E-state index contributed by atoms with van der Waals surface area (Å²) >= 11 is 0. The predicted molar refractivity (Wildman–Crippen MR) is 56.8 cm³/mol. The number of hydrogen-bond acceptors (Lipinski definition) is 5. The third-order valence-electron chi connectivity index (χ3n) is 1.55. The molecule has 5 heteroatoms. The molecule has 0 saturated carbocycles. The summed E-state index contributed by atoms with van der Waals surface area (Å²) < 4.78 is 4.71. The molecule has 0 radical (unpaired) electrons. The fraction of sp³-hybridized carbons (Fsp3) is 0.500. The van der Waals surface area contributed by atoms with Crippen LogP contribution < -0.4 is 5.32 Å². The van der Waals surface area contributed by atoms with Gasteiger partial charge in [-0.05, 0) is 13.8 Å². The lowest BCUT2D eigenvalue weighted by Gasteiger charge is -2.02. The van der Waals surface area contributed by atoms with Crippen LogP contribution in [0, 0.1) is 5.41 Å². The molecule has 0 bridgehead atoms. The largest absolute Gasteiger partial charge is 0.462 e. The number of rotatable bonds is 7. The van der Waals surface area contributed by atoms with E-state index in [1.807, 2.05) is 0 Å². The van der Waals surface area contributed by atoms with Crippen LogP contribution >= 0.6 is 0 Å². The van der Waals surface area contributed by atoms with Gasteiger partial charge in [0.15, 0.2) is 0 Å². The summed E-state index contributed by atoms with van der Waals surface area (Å²) in [4.78, 5) is 21.8. The highest BCUT2D eigenvalue weighted by atomic mass is 16.5. The van der Waals surface area contributed by atoms with Crippen molar-refractivity contribution in [2.45, 2.75) is 20.3 Å². The summed E-state index contributed by atoms with van der Waals surface area (Å²) in [5.74, 6) is -0.466. The van der Waals surface area contributed by atoms with E-state index in [2.05, 4.69) is 5.32 Å². The van der Waals surface area contributed by atoms with E-state index < -0.39 is 5.97 Å². The van der Waals surface area contributed by atoms with Crippen LogP contribution in [0.15, 0.2) is 11.8 Å². The molecule has 0 saturated heterocycles. The Hall–Kier alpha value is -1.65. The van der Waals surface area contributed by atoms with Gasteiger partial charge < -0.3 is 15.5 Å². The third-order valence-corrected chi connectivity index (χ3v) is 1.55. The van der Waals surface area contributed by atoms with E-state index in [4.69, 9.17) is 10.1 Å². The van der Waals surface area contributed by atoms with Crippen LogP contribution in [-0.4, -0.2) is 31.1 Å². The highest BCUT2D eigenvalue weighted by Gasteiger charge is 2.06. The van der Waals surface area contributed by atoms with Crippen molar-refractivity contribution in [1.29, 1.82) is 5.41 Å². The van der Waals surface area contributed by atoms with Gasteiger partial charge in [-0.25, -0.2) is 4.79 Å². The molecule has 0 aromatic heterocycles. The van der Waals surface area contributed by atoms with Crippen LogP contribution in [0.3, 0.4) is 0 Å². The molecule has 0 fully saturated rings. The van der Waals surface area contributed by atoms with Crippen LogP contribution in [0.1, 0.15) is 20.3 Å². The number of ether oxygens (including phenoxy) is 1. The first kappa shape index (κ1) is 13.4. The average molecular weight is 212 g/mol. The topological polar surface area (TPSA) is 79.2 Å². The number of hydrogen-bond donors (Lipinski definition) is 2. The van der Waals surface area contributed by atoms with Gasteiger partial charge in [-0.1, -0.05) is 0 Å². The molecule has 0 aliphatic carbocycles. The quantitative estimate of drug-likeness (QED) is 0.281. The van der Waals surface area contributed by atoms with Gasteiger partial charge >= 0.3 is 5.97 Å². The van der Waals surface area contributed by atoms with Crippen LogP contribution in [-0.2, 0) is 14.3 Å². The Labute approximate surface area is 89.0 Å². The van der Waals surface area contributed by atoms with Gasteiger partial charge in [-0.2, -0.15) is 0 Å². The minimum Gasteiger partial charge on any atom is -0.462 e. The maximum Gasteiger partial charge on any atom is 0.341 e. The SMILES string of the molecule is CCOC(=O)/C(C=N)=C/NCCC(C)=O. The molecule has 0 aromatic carbocycles. The highest BCUT2D eigenvalue weighted by molar-refractivity contribution is 6.08. The monoisotopic (exact) mass is 212 g/mol. The van der Waals surface area contributed by atoms with Crippen molar-refractivity contribution in [1.82, 2.24) is 5.32 Å². The van der Waals surface area contributed by atoms with Crippen LogP contribution in [0.25, 0.3) is 0 Å². The number of ketones is 1. The zero-order valence-electron chi connectivity index (χ0n) is 9.00. The second-order valence-corrected chi connectivity index (χ2v) is 2.87. The van der Waals surface area contributed by atoms with Crippen LogP contribution in [0.2, 0.25) is 0 Å². The van der Waals surface area contributed by atoms with E-state index in [-0.39, 0.29) is 18.0 Å². The summed E-state index contributed by atoms with van der Waals surface area (Å²) in [6, 6.07) is 0. The van der Waals surface area contributed by atoms with Crippen molar-refractivity contribution >= 4 is 18.0 Å². The Morgan fingerprint density at radius 1 is 1.47 bits per heavy atom. The fourth-order valence-corrected chi connectivity index (χ4v) is 0.804. The molecule has 0 aliphatic heterocycles. The first-order valence-electron chi connectivity index (χ1n) is 4.72. The molecule has 0 atom stereocenters. The van der Waals surface area contributed by atoms with Crippen molar-refractivity contribution in [3.8, 4) is 0 Å². The highest BCUT2D eigenvalue weighted by Crippen LogP contribution is 1.93. The minimum atomic E-state index is -0.539. The molecule has 0 aromatic rings. The molecule has 0 aliphatic rings. The Kier molecular flexibility index (Phi) is 6.88. The third kappa shape index (κ3) is 6.42. The molecule has 0 rings (SSSR count). The predicted octanol–water partition coefficient (Wildman–Crippen LogP) is 0.652. The second kappa shape index (κ2) is 7.73. The van der Waals surface area contributed by atoms with E-state index in [9.17, 15) is 9.59 Å². The molecule has 2 N–H and O–H groups in total. The van der Waals surface area contributed by atoms with Gasteiger partial charge in [0.05, 0.1) is 12.2 Å². The van der Waals surface area contributed by atoms with Crippen molar-refractivity contribution in [2.75, 3.05) is 13.2 Å². The normalized spacial score (nSPS) is 10.7. The molecular formula is C10H16N2O3. The average Bonchev–Trinajstić information content (AvgIpc) is 2.17. The first-order chi connectivity index (χ1) is 7.11. The Morgan fingerprint density at radius 2 is 2.13 bits per heavy atom. The Bertz CT molecular complexity index is 272. The van der Waals surface area contributed by atoms with Gasteiger partial charge in [-0.3, -0.25) is 4.79 Å². The zero-order valence-corrected chi connectivity index (χ0v) is 9.00. The molecule has 0 spiro atoms. The van der Waals surface area contributed by atoms with E-state index in [0.29, 0.717) is 13.0 Å². The molecule has 0 amide bonds. The van der Waals surface area contributed by atoms with E-state index in [1.165, 1.54) is 13.1 Å². The summed E-state index contributed by atoms with van der Waals surface area (Å²) in [5.41, 5.74) is 0.139. The lowest BCUT2D eigenvalue weighted by Crippen LogP contribution is -2.16. The molecule has 5 nitrogen and oxygen atoms in total. The molecular weight excluding hydrogens is 196 g/mol. The van der Waals surface area contributed by atoms with E-state index in [0.717, 1.165) is 6.21 Å². The maximum absolute atomic E-state index is 11.2. The molecule has 0 heterocycles. The van der Waals surface area contributed by atoms with Gasteiger partial charge in [0.25, 0.3) is 0 Å². The summed E-state index contributed by atoms with van der Waals surface area (Å²) in [6.45, 7) is 3.92. The van der Waals surface area contributed by atoms with Crippen LogP contribution in [0.4, 0.5) is 0 Å². The van der Waals surface area contributed by atoms with Crippen molar-refractivity contribution < 1.29 is 14.3 Å². The van der Waals surface area contributed by atoms with Gasteiger partial charge in [0, 0.05) is 25.4 Å². The fourth-order valence-electron chi connectivity index (χ4n) is 0.804. The Balaban J connectivity index is 4.05. The zero-order chi connectivity index (χ0) is 11.7. The summed E-state index contributed by atoms with van der Waals surface area (Å²) in [6.07, 6.45) is 2.69. The maximum atomic E-state index is 11.2. The van der Waals surface area contributed by atoms with Crippen molar-refractivity contribution in [3.63, 3.8) is 0 Å². The number of nitrogens with one attached hydrogen (secondary N) is 2. The first-order valence-corrected chi connectivity index (χ1v) is 4.72. The summed E-state index contributed by atoms with van der Waals surface area (Å²) in [5, 5.41) is 9.76. The van der Waals surface area contributed by atoms with Gasteiger partial charge in [0.1, 0.15) is 5.78 Å². The van der Waals surface area contributed by atoms with Crippen molar-refractivity contribution in [3.05, 3.63) is 11.8 Å². The lowest BCUT2D eigenvalue weighted by atomic mass is 10.3. The van der Waals surface area contributed by atoms with Gasteiger partial charge in [-0.15, -0.1) is 0 Å². The number of esters is 1. The summed E-state index contributed by atoms with van der Waals surface area (Å²) in [7, 11) is 0. The molecule has 0 unspecified atom stereocenters. The number of carbonyl (C=O) groups is 2.